The Morgan fingerprint density at radius 2 is 2.04 bits per heavy atom. The van der Waals surface area contributed by atoms with Gasteiger partial charge in [0.1, 0.15) is 10.5 Å². The third-order valence-corrected chi connectivity index (χ3v) is 5.05. The van der Waals surface area contributed by atoms with E-state index in [0.717, 1.165) is 5.56 Å². The Hall–Kier alpha value is -2.25. The summed E-state index contributed by atoms with van der Waals surface area (Å²) < 4.78 is 0. The van der Waals surface area contributed by atoms with E-state index in [0.29, 0.717) is 5.01 Å². The normalized spacial score (nSPS) is 27.0. The van der Waals surface area contributed by atoms with Crippen molar-refractivity contribution < 1.29 is 19.8 Å². The van der Waals surface area contributed by atoms with Crippen LogP contribution in [0.1, 0.15) is 23.0 Å². The maximum Gasteiger partial charge on any atom is 0.324 e. The molecule has 3 rings (SSSR count). The molecule has 2 heterocycles. The van der Waals surface area contributed by atoms with E-state index in [2.05, 4.69) is 10.3 Å². The molecule has 0 amide bonds. The highest BCUT2D eigenvalue weighted by Crippen LogP contribution is 2.40. The van der Waals surface area contributed by atoms with Crippen molar-refractivity contribution in [1.82, 2.24) is 10.3 Å². The Morgan fingerprint density at radius 1 is 1.30 bits per heavy atom. The number of benzene rings is 1. The summed E-state index contributed by atoms with van der Waals surface area (Å²) in [5.74, 6) is -2.86. The second-order valence-corrected chi connectivity index (χ2v) is 6.62. The molecule has 6 nitrogen and oxygen atoms in total. The SMILES string of the molecule is O=C(O)[C@H]1CC(Cc2ccccc2)(C(=O)O)N[C@H]1c1nccs1. The molecule has 3 N–H and O–H groups in total. The Labute approximate surface area is 136 Å². The van der Waals surface area contributed by atoms with E-state index in [1.165, 1.54) is 11.3 Å². The zero-order valence-corrected chi connectivity index (χ0v) is 13.0. The van der Waals surface area contributed by atoms with Crippen LogP contribution in [0.3, 0.4) is 0 Å². The molecule has 1 aromatic carbocycles. The lowest BCUT2D eigenvalue weighted by molar-refractivity contribution is -0.145. The monoisotopic (exact) mass is 332 g/mol. The highest BCUT2D eigenvalue weighted by atomic mass is 32.1. The number of rotatable bonds is 5. The van der Waals surface area contributed by atoms with Gasteiger partial charge in [0.05, 0.1) is 12.0 Å². The molecule has 0 saturated carbocycles. The fourth-order valence-electron chi connectivity index (χ4n) is 3.09. The van der Waals surface area contributed by atoms with Crippen molar-refractivity contribution in [2.45, 2.75) is 24.4 Å². The zero-order valence-electron chi connectivity index (χ0n) is 12.2. The fourth-order valence-corrected chi connectivity index (χ4v) is 3.85. The van der Waals surface area contributed by atoms with Gasteiger partial charge in [-0.3, -0.25) is 14.9 Å². The summed E-state index contributed by atoms with van der Waals surface area (Å²) in [7, 11) is 0. The Morgan fingerprint density at radius 3 is 2.61 bits per heavy atom. The number of carboxylic acid groups (broad SMARTS) is 2. The second-order valence-electron chi connectivity index (χ2n) is 5.69. The van der Waals surface area contributed by atoms with Gasteiger partial charge in [0.25, 0.3) is 0 Å². The van der Waals surface area contributed by atoms with Crippen LogP contribution in [0.25, 0.3) is 0 Å². The molecular formula is C16H16N2O4S. The van der Waals surface area contributed by atoms with Crippen LogP contribution in [0.15, 0.2) is 41.9 Å². The predicted molar refractivity (Wildman–Crippen MR) is 84.2 cm³/mol. The van der Waals surface area contributed by atoms with Gasteiger partial charge >= 0.3 is 11.9 Å². The number of thiazole rings is 1. The van der Waals surface area contributed by atoms with Gasteiger partial charge in [-0.25, -0.2) is 4.98 Å². The third-order valence-electron chi connectivity index (χ3n) is 4.20. The minimum absolute atomic E-state index is 0.0246. The summed E-state index contributed by atoms with van der Waals surface area (Å²) in [6.07, 6.45) is 1.85. The number of nitrogens with zero attached hydrogens (tertiary/aromatic N) is 1. The Kier molecular flexibility index (Phi) is 4.14. The molecule has 7 heteroatoms. The molecule has 0 bridgehead atoms. The molecule has 1 saturated heterocycles. The zero-order chi connectivity index (χ0) is 16.4. The topological polar surface area (TPSA) is 99.5 Å². The highest BCUT2D eigenvalue weighted by Gasteiger charge is 2.53. The van der Waals surface area contributed by atoms with Crippen molar-refractivity contribution in [3.63, 3.8) is 0 Å². The first-order valence-electron chi connectivity index (χ1n) is 7.19. The first-order valence-corrected chi connectivity index (χ1v) is 8.07. The first kappa shape index (κ1) is 15.6. The van der Waals surface area contributed by atoms with Gasteiger partial charge in [-0.1, -0.05) is 30.3 Å². The number of carbonyl (C=O) groups is 2. The summed E-state index contributed by atoms with van der Waals surface area (Å²) in [4.78, 5) is 27.7. The number of hydrogen-bond donors (Lipinski definition) is 3. The molecule has 1 fully saturated rings. The predicted octanol–water partition coefficient (Wildman–Crippen LogP) is 1.94. The smallest absolute Gasteiger partial charge is 0.324 e. The van der Waals surface area contributed by atoms with Gasteiger partial charge in [0.2, 0.25) is 0 Å². The van der Waals surface area contributed by atoms with E-state index in [9.17, 15) is 19.8 Å². The lowest BCUT2D eigenvalue weighted by Crippen LogP contribution is -2.50. The molecule has 1 aliphatic heterocycles. The molecule has 1 unspecified atom stereocenters. The fraction of sp³-hybridized carbons (Fsp3) is 0.312. The second kappa shape index (κ2) is 6.10. The van der Waals surface area contributed by atoms with E-state index in [-0.39, 0.29) is 12.8 Å². The van der Waals surface area contributed by atoms with Gasteiger partial charge in [-0.2, -0.15) is 0 Å². The van der Waals surface area contributed by atoms with Crippen molar-refractivity contribution in [3.8, 4) is 0 Å². The van der Waals surface area contributed by atoms with Gasteiger partial charge in [-0.15, -0.1) is 11.3 Å². The summed E-state index contributed by atoms with van der Waals surface area (Å²) in [5.41, 5.74) is -0.452. The van der Waals surface area contributed by atoms with Crippen molar-refractivity contribution in [2.75, 3.05) is 0 Å². The van der Waals surface area contributed by atoms with Crippen LogP contribution in [0.4, 0.5) is 0 Å². The lowest BCUT2D eigenvalue weighted by atomic mass is 9.86. The number of aliphatic carboxylic acids is 2. The van der Waals surface area contributed by atoms with Crippen LogP contribution in [0, 0.1) is 5.92 Å². The van der Waals surface area contributed by atoms with Crippen LogP contribution in [0.5, 0.6) is 0 Å². The Balaban J connectivity index is 1.95. The highest BCUT2D eigenvalue weighted by molar-refractivity contribution is 7.09. The maximum absolute atomic E-state index is 11.9. The number of hydrogen-bond acceptors (Lipinski definition) is 5. The molecule has 23 heavy (non-hydrogen) atoms. The van der Waals surface area contributed by atoms with Gasteiger partial charge < -0.3 is 10.2 Å². The molecule has 1 aliphatic rings. The van der Waals surface area contributed by atoms with E-state index in [1.54, 1.807) is 11.6 Å². The van der Waals surface area contributed by atoms with Crippen LogP contribution in [-0.2, 0) is 16.0 Å². The van der Waals surface area contributed by atoms with E-state index >= 15 is 0 Å². The largest absolute Gasteiger partial charge is 0.481 e. The van der Waals surface area contributed by atoms with Gasteiger partial charge in [0.15, 0.2) is 0 Å². The van der Waals surface area contributed by atoms with E-state index < -0.39 is 29.4 Å². The van der Waals surface area contributed by atoms with E-state index in [4.69, 9.17) is 0 Å². The van der Waals surface area contributed by atoms with Crippen LogP contribution in [0.2, 0.25) is 0 Å². The summed E-state index contributed by atoms with van der Waals surface area (Å²) in [6, 6.07) is 8.64. The molecule has 3 atom stereocenters. The van der Waals surface area contributed by atoms with Crippen LogP contribution >= 0.6 is 11.3 Å². The van der Waals surface area contributed by atoms with Crippen LogP contribution in [-0.4, -0.2) is 32.7 Å². The standard InChI is InChI=1S/C16H16N2O4S/c19-14(20)11-9-16(15(21)22,8-10-4-2-1-3-5-10)18-12(11)13-17-6-7-23-13/h1-7,11-12,18H,8-9H2,(H,19,20)(H,21,22)/t11-,12+,16?/m0/s1. The average molecular weight is 332 g/mol. The molecule has 0 aliphatic carbocycles. The minimum Gasteiger partial charge on any atom is -0.481 e. The molecular weight excluding hydrogens is 316 g/mol. The van der Waals surface area contributed by atoms with E-state index in [1.807, 2.05) is 30.3 Å². The number of aromatic nitrogens is 1. The lowest BCUT2D eigenvalue weighted by Gasteiger charge is -2.25. The number of carboxylic acids is 2. The quantitative estimate of drug-likeness (QED) is 0.774. The molecule has 120 valence electrons. The average Bonchev–Trinajstić information content (AvgIpc) is 3.16. The van der Waals surface area contributed by atoms with Crippen molar-refractivity contribution >= 4 is 23.3 Å². The maximum atomic E-state index is 11.9. The van der Waals surface area contributed by atoms with Gasteiger partial charge in [-0.05, 0) is 12.0 Å². The molecule has 1 aromatic heterocycles. The van der Waals surface area contributed by atoms with Crippen molar-refractivity contribution in [1.29, 1.82) is 0 Å². The summed E-state index contributed by atoms with van der Waals surface area (Å²) >= 11 is 1.33. The molecule has 2 aromatic rings. The molecule has 0 spiro atoms. The molecule has 0 radical (unpaired) electrons. The minimum atomic E-state index is -1.30. The Bertz CT molecular complexity index is 704. The van der Waals surface area contributed by atoms with Crippen molar-refractivity contribution in [3.05, 3.63) is 52.5 Å². The van der Waals surface area contributed by atoms with Crippen molar-refractivity contribution in [2.24, 2.45) is 5.92 Å². The number of nitrogens with one attached hydrogen (secondary N) is 1. The van der Waals surface area contributed by atoms with Gasteiger partial charge in [0, 0.05) is 18.0 Å². The first-order chi connectivity index (χ1) is 11.0. The third kappa shape index (κ3) is 2.97. The van der Waals surface area contributed by atoms with Crippen LogP contribution < -0.4 is 5.32 Å². The summed E-state index contributed by atoms with van der Waals surface area (Å²) in [5, 5.41) is 24.7. The summed E-state index contributed by atoms with van der Waals surface area (Å²) in [6.45, 7) is 0.